The minimum absolute atomic E-state index is 0.167. The van der Waals surface area contributed by atoms with Gasteiger partial charge in [0.25, 0.3) is 5.91 Å². The molecule has 1 N–H and O–H groups in total. The van der Waals surface area contributed by atoms with Crippen LogP contribution in [0.15, 0.2) is 30.3 Å². The maximum Gasteiger partial charge on any atom is 0.326 e. The molecule has 8 nitrogen and oxygen atoms in total. The number of hydrogen-bond acceptors (Lipinski definition) is 5. The van der Waals surface area contributed by atoms with Gasteiger partial charge in [0.1, 0.15) is 5.54 Å². The molecule has 2 aliphatic heterocycles. The third kappa shape index (κ3) is 3.85. The second-order valence-corrected chi connectivity index (χ2v) is 9.09. The lowest BCUT2D eigenvalue weighted by molar-refractivity contribution is -0.133. The lowest BCUT2D eigenvalue weighted by Gasteiger charge is -2.35. The van der Waals surface area contributed by atoms with Crippen molar-refractivity contribution in [1.29, 1.82) is 0 Å². The van der Waals surface area contributed by atoms with E-state index in [1.54, 1.807) is 0 Å². The summed E-state index contributed by atoms with van der Waals surface area (Å²) in [6, 6.07) is 8.93. The zero-order valence-electron chi connectivity index (χ0n) is 15.7. The van der Waals surface area contributed by atoms with Crippen molar-refractivity contribution < 1.29 is 18.0 Å². The monoisotopic (exact) mass is 394 g/mol. The highest BCUT2D eigenvalue weighted by Crippen LogP contribution is 2.33. The van der Waals surface area contributed by atoms with Crippen LogP contribution in [0.1, 0.15) is 25.3 Å². The van der Waals surface area contributed by atoms with Gasteiger partial charge in [-0.05, 0) is 12.0 Å². The third-order valence-electron chi connectivity index (χ3n) is 5.21. The molecule has 0 bridgehead atoms. The Morgan fingerprint density at radius 3 is 2.26 bits per heavy atom. The molecule has 0 aromatic heterocycles. The molecule has 0 spiro atoms. The van der Waals surface area contributed by atoms with Crippen LogP contribution in [-0.2, 0) is 20.4 Å². The Kier molecular flexibility index (Phi) is 5.55. The van der Waals surface area contributed by atoms with Gasteiger partial charge in [-0.1, -0.05) is 43.7 Å². The number of carbonyl (C=O) groups excluding carboxylic acids is 2. The van der Waals surface area contributed by atoms with Gasteiger partial charge in [0.15, 0.2) is 0 Å². The number of rotatable bonds is 6. The molecule has 1 aromatic rings. The molecule has 2 fully saturated rings. The Hall–Kier alpha value is -1.97. The van der Waals surface area contributed by atoms with Crippen molar-refractivity contribution >= 4 is 22.0 Å². The van der Waals surface area contributed by atoms with E-state index < -0.39 is 21.6 Å². The Bertz CT molecular complexity index is 806. The van der Waals surface area contributed by atoms with Gasteiger partial charge in [-0.15, -0.1) is 0 Å². The number of urea groups is 1. The molecule has 0 unspecified atom stereocenters. The van der Waals surface area contributed by atoms with Crippen LogP contribution >= 0.6 is 0 Å². The summed E-state index contributed by atoms with van der Waals surface area (Å²) < 4.78 is 24.7. The molecule has 3 amide bonds. The van der Waals surface area contributed by atoms with E-state index in [0.717, 1.165) is 12.0 Å². The number of imide groups is 1. The van der Waals surface area contributed by atoms with Crippen LogP contribution in [0.4, 0.5) is 4.79 Å². The highest BCUT2D eigenvalue weighted by Gasteiger charge is 2.52. The fraction of sp³-hybridized carbons (Fsp3) is 0.556. The molecule has 2 heterocycles. The van der Waals surface area contributed by atoms with Gasteiger partial charge in [-0.2, -0.15) is 4.31 Å². The maximum atomic E-state index is 13.2. The van der Waals surface area contributed by atoms with Gasteiger partial charge in [0, 0.05) is 26.2 Å². The fourth-order valence-corrected chi connectivity index (χ4v) is 4.59. The molecule has 1 atom stereocenters. The number of carbonyl (C=O) groups is 2. The van der Waals surface area contributed by atoms with Gasteiger partial charge < -0.3 is 5.32 Å². The van der Waals surface area contributed by atoms with Crippen LogP contribution in [0.5, 0.6) is 0 Å². The molecular weight excluding hydrogens is 368 g/mol. The average molecular weight is 394 g/mol. The number of benzene rings is 1. The molecular formula is C18H26N4O4S. The van der Waals surface area contributed by atoms with Crippen molar-refractivity contribution in [2.24, 2.45) is 0 Å². The van der Waals surface area contributed by atoms with E-state index in [1.165, 1.54) is 15.5 Å². The topological polar surface area (TPSA) is 90.0 Å². The molecule has 2 saturated heterocycles. The number of sulfonamides is 1. The lowest BCUT2D eigenvalue weighted by atomic mass is 9.85. The van der Waals surface area contributed by atoms with E-state index in [0.29, 0.717) is 32.6 Å². The molecule has 148 valence electrons. The summed E-state index contributed by atoms with van der Waals surface area (Å²) >= 11 is 0. The van der Waals surface area contributed by atoms with E-state index in [2.05, 4.69) is 5.32 Å². The zero-order chi connectivity index (χ0) is 19.7. The SMILES string of the molecule is CCC[C@]1(c2ccccc2)NC(=O)N(CN2CCN(S(C)(=O)=O)CC2)C1=O. The number of piperazine rings is 1. The molecule has 0 saturated carbocycles. The molecule has 0 aliphatic carbocycles. The molecule has 0 radical (unpaired) electrons. The van der Waals surface area contributed by atoms with Crippen LogP contribution in [0.25, 0.3) is 0 Å². The number of nitrogens with zero attached hydrogens (tertiary/aromatic N) is 3. The van der Waals surface area contributed by atoms with Gasteiger partial charge in [0.2, 0.25) is 10.0 Å². The summed E-state index contributed by atoms with van der Waals surface area (Å²) in [7, 11) is -3.21. The van der Waals surface area contributed by atoms with Crippen LogP contribution in [-0.4, -0.2) is 73.6 Å². The van der Waals surface area contributed by atoms with Crippen molar-refractivity contribution in [1.82, 2.24) is 19.4 Å². The van der Waals surface area contributed by atoms with Crippen molar-refractivity contribution in [3.8, 4) is 0 Å². The molecule has 27 heavy (non-hydrogen) atoms. The van der Waals surface area contributed by atoms with Crippen LogP contribution < -0.4 is 5.32 Å². The van der Waals surface area contributed by atoms with E-state index in [4.69, 9.17) is 0 Å². The number of hydrogen-bond donors (Lipinski definition) is 1. The predicted octanol–water partition coefficient (Wildman–Crippen LogP) is 0.769. The Labute approximate surface area is 160 Å². The summed E-state index contributed by atoms with van der Waals surface area (Å²) in [6.45, 7) is 3.84. The summed E-state index contributed by atoms with van der Waals surface area (Å²) in [4.78, 5) is 29.0. The maximum absolute atomic E-state index is 13.2. The van der Waals surface area contributed by atoms with E-state index in [-0.39, 0.29) is 12.6 Å². The van der Waals surface area contributed by atoms with Crippen LogP contribution in [0.2, 0.25) is 0 Å². The van der Waals surface area contributed by atoms with Gasteiger partial charge in [0.05, 0.1) is 12.9 Å². The number of amides is 3. The Balaban J connectivity index is 1.74. The first kappa shape index (κ1) is 19.8. The zero-order valence-corrected chi connectivity index (χ0v) is 16.5. The predicted molar refractivity (Wildman–Crippen MR) is 101 cm³/mol. The molecule has 1 aromatic carbocycles. The van der Waals surface area contributed by atoms with E-state index in [1.807, 2.05) is 42.2 Å². The first-order valence-electron chi connectivity index (χ1n) is 9.15. The van der Waals surface area contributed by atoms with E-state index in [9.17, 15) is 18.0 Å². The Morgan fingerprint density at radius 1 is 1.07 bits per heavy atom. The van der Waals surface area contributed by atoms with Crippen molar-refractivity contribution in [2.45, 2.75) is 25.3 Å². The van der Waals surface area contributed by atoms with Gasteiger partial charge in [-0.3, -0.25) is 9.69 Å². The second-order valence-electron chi connectivity index (χ2n) is 7.11. The van der Waals surface area contributed by atoms with Crippen molar-refractivity contribution in [2.75, 3.05) is 39.1 Å². The molecule has 9 heteroatoms. The smallest absolute Gasteiger partial charge is 0.319 e. The standard InChI is InChI=1S/C18H26N4O4S/c1-3-9-18(15-7-5-4-6-8-15)16(23)22(17(24)19-18)14-20-10-12-21(13-11-20)27(2,25)26/h4-8H,3,9-14H2,1-2H3,(H,19,24)/t18-/m1/s1. The fourth-order valence-electron chi connectivity index (χ4n) is 3.76. The molecule has 3 rings (SSSR count). The summed E-state index contributed by atoms with van der Waals surface area (Å²) in [5.74, 6) is -0.244. The minimum atomic E-state index is -3.21. The largest absolute Gasteiger partial charge is 0.326 e. The highest BCUT2D eigenvalue weighted by molar-refractivity contribution is 7.88. The van der Waals surface area contributed by atoms with Crippen molar-refractivity contribution in [3.05, 3.63) is 35.9 Å². The average Bonchev–Trinajstić information content (AvgIpc) is 2.88. The lowest BCUT2D eigenvalue weighted by Crippen LogP contribution is -2.52. The quantitative estimate of drug-likeness (QED) is 0.720. The number of nitrogens with one attached hydrogen (secondary N) is 1. The first-order chi connectivity index (χ1) is 12.8. The highest BCUT2D eigenvalue weighted by atomic mass is 32.2. The third-order valence-corrected chi connectivity index (χ3v) is 6.51. The minimum Gasteiger partial charge on any atom is -0.319 e. The van der Waals surface area contributed by atoms with Gasteiger partial charge >= 0.3 is 6.03 Å². The summed E-state index contributed by atoms with van der Waals surface area (Å²) in [6.07, 6.45) is 2.47. The summed E-state index contributed by atoms with van der Waals surface area (Å²) in [5.41, 5.74) is -0.239. The van der Waals surface area contributed by atoms with Crippen LogP contribution in [0.3, 0.4) is 0 Å². The molecule has 2 aliphatic rings. The van der Waals surface area contributed by atoms with Gasteiger partial charge in [-0.25, -0.2) is 18.1 Å². The summed E-state index contributed by atoms with van der Waals surface area (Å²) in [5, 5.41) is 2.91. The normalized spacial score (nSPS) is 25.0. The second kappa shape index (κ2) is 7.57. The van der Waals surface area contributed by atoms with Crippen molar-refractivity contribution in [3.63, 3.8) is 0 Å². The first-order valence-corrected chi connectivity index (χ1v) is 11.0. The Morgan fingerprint density at radius 2 is 1.70 bits per heavy atom. The van der Waals surface area contributed by atoms with Crippen LogP contribution in [0, 0.1) is 0 Å². The van der Waals surface area contributed by atoms with E-state index >= 15 is 0 Å².